The number of nitriles is 1. The van der Waals surface area contributed by atoms with E-state index in [1.165, 1.54) is 0 Å². The van der Waals surface area contributed by atoms with Gasteiger partial charge in [-0.1, -0.05) is 0 Å². The first-order valence-corrected chi connectivity index (χ1v) is 3.18. The molecule has 2 heteroatoms. The number of rotatable bonds is 1. The normalized spacial score (nSPS) is 8.82. The van der Waals surface area contributed by atoms with E-state index < -0.39 is 0 Å². The van der Waals surface area contributed by atoms with Crippen LogP contribution >= 0.6 is 0 Å². The number of methoxy groups -OCH3 is 1. The predicted octanol–water partition coefficient (Wildman–Crippen LogP) is 1.75. The van der Waals surface area contributed by atoms with Gasteiger partial charge in [0.25, 0.3) is 0 Å². The Balaban J connectivity index is 3.12. The minimum Gasteiger partial charge on any atom is -0.496 e. The van der Waals surface area contributed by atoms with Crippen LogP contribution in [0.5, 0.6) is 5.75 Å². The largest absolute Gasteiger partial charge is 0.496 e. The molecule has 0 atom stereocenters. The van der Waals surface area contributed by atoms with Crippen LogP contribution in [0.2, 0.25) is 0 Å². The molecule has 0 aliphatic rings. The van der Waals surface area contributed by atoms with Gasteiger partial charge in [-0.05, 0) is 30.7 Å². The molecule has 2 nitrogen and oxygen atoms in total. The third kappa shape index (κ3) is 1.50. The summed E-state index contributed by atoms with van der Waals surface area (Å²) in [5.74, 6) is 0.712. The SMILES string of the molecule is [CH2]c1cc(C#N)ccc1OC. The minimum atomic E-state index is 0.607. The zero-order valence-corrected chi connectivity index (χ0v) is 6.29. The van der Waals surface area contributed by atoms with Crippen LogP contribution in [0, 0.1) is 18.3 Å². The molecule has 11 heavy (non-hydrogen) atoms. The van der Waals surface area contributed by atoms with Crippen molar-refractivity contribution in [1.82, 2.24) is 0 Å². The molecule has 0 aliphatic heterocycles. The molecule has 1 rings (SSSR count). The molecule has 0 aromatic heterocycles. The Bertz CT molecular complexity index is 299. The van der Waals surface area contributed by atoms with Gasteiger partial charge in [0.05, 0.1) is 18.7 Å². The van der Waals surface area contributed by atoms with E-state index in [9.17, 15) is 0 Å². The minimum absolute atomic E-state index is 0.607. The summed E-state index contributed by atoms with van der Waals surface area (Å²) in [6.45, 7) is 3.72. The van der Waals surface area contributed by atoms with Gasteiger partial charge in [-0.2, -0.15) is 5.26 Å². The highest BCUT2D eigenvalue weighted by Gasteiger charge is 1.97. The van der Waals surface area contributed by atoms with Crippen molar-refractivity contribution in [3.63, 3.8) is 0 Å². The Hall–Kier alpha value is -1.49. The maximum atomic E-state index is 8.51. The van der Waals surface area contributed by atoms with E-state index in [2.05, 4.69) is 6.92 Å². The maximum Gasteiger partial charge on any atom is 0.122 e. The summed E-state index contributed by atoms with van der Waals surface area (Å²) in [7, 11) is 1.58. The first-order valence-electron chi connectivity index (χ1n) is 3.18. The molecule has 0 amide bonds. The lowest BCUT2D eigenvalue weighted by molar-refractivity contribution is 0.413. The summed E-state index contributed by atoms with van der Waals surface area (Å²) in [6.07, 6.45) is 0. The molecule has 0 fully saturated rings. The van der Waals surface area contributed by atoms with Gasteiger partial charge >= 0.3 is 0 Å². The molecule has 0 N–H and O–H groups in total. The Kier molecular flexibility index (Phi) is 2.12. The summed E-state index contributed by atoms with van der Waals surface area (Å²) in [4.78, 5) is 0. The summed E-state index contributed by atoms with van der Waals surface area (Å²) in [6, 6.07) is 7.16. The van der Waals surface area contributed by atoms with Crippen molar-refractivity contribution in [2.45, 2.75) is 0 Å². The second-order valence-electron chi connectivity index (χ2n) is 2.14. The van der Waals surface area contributed by atoms with Gasteiger partial charge in [-0.25, -0.2) is 0 Å². The number of ether oxygens (including phenoxy) is 1. The lowest BCUT2D eigenvalue weighted by Crippen LogP contribution is -1.86. The van der Waals surface area contributed by atoms with E-state index in [0.717, 1.165) is 5.56 Å². The molecule has 1 aromatic rings. The van der Waals surface area contributed by atoms with E-state index in [1.807, 2.05) is 6.07 Å². The quantitative estimate of drug-likeness (QED) is 0.604. The third-order valence-electron chi connectivity index (χ3n) is 1.41. The second-order valence-corrected chi connectivity index (χ2v) is 2.14. The van der Waals surface area contributed by atoms with Crippen LogP contribution in [0.25, 0.3) is 0 Å². The Morgan fingerprint density at radius 2 is 2.27 bits per heavy atom. The molecule has 0 saturated carbocycles. The highest BCUT2D eigenvalue weighted by molar-refractivity contribution is 5.43. The highest BCUT2D eigenvalue weighted by atomic mass is 16.5. The average Bonchev–Trinajstić information content (AvgIpc) is 2.04. The number of hydrogen-bond acceptors (Lipinski definition) is 2. The van der Waals surface area contributed by atoms with Crippen molar-refractivity contribution in [2.75, 3.05) is 7.11 Å². The zero-order chi connectivity index (χ0) is 8.27. The van der Waals surface area contributed by atoms with Gasteiger partial charge in [0.1, 0.15) is 5.75 Å². The third-order valence-corrected chi connectivity index (χ3v) is 1.41. The molecule has 0 spiro atoms. The van der Waals surface area contributed by atoms with Crippen LogP contribution in [-0.4, -0.2) is 7.11 Å². The van der Waals surface area contributed by atoms with Crippen LogP contribution < -0.4 is 4.74 Å². The smallest absolute Gasteiger partial charge is 0.122 e. The molecular formula is C9H8NO. The van der Waals surface area contributed by atoms with Gasteiger partial charge in [0.15, 0.2) is 0 Å². The van der Waals surface area contributed by atoms with Crippen molar-refractivity contribution in [1.29, 1.82) is 5.26 Å². The topological polar surface area (TPSA) is 33.0 Å². The van der Waals surface area contributed by atoms with Crippen LogP contribution in [0.3, 0.4) is 0 Å². The molecule has 1 aromatic carbocycles. The number of benzene rings is 1. The van der Waals surface area contributed by atoms with Crippen molar-refractivity contribution >= 4 is 0 Å². The first kappa shape index (κ1) is 7.62. The van der Waals surface area contributed by atoms with Crippen molar-refractivity contribution in [3.05, 3.63) is 36.2 Å². The van der Waals surface area contributed by atoms with Crippen LogP contribution in [0.1, 0.15) is 11.1 Å². The van der Waals surface area contributed by atoms with Gasteiger partial charge < -0.3 is 4.74 Å². The zero-order valence-electron chi connectivity index (χ0n) is 6.29. The molecule has 55 valence electrons. The van der Waals surface area contributed by atoms with Crippen molar-refractivity contribution in [2.24, 2.45) is 0 Å². The van der Waals surface area contributed by atoms with E-state index in [1.54, 1.807) is 25.3 Å². The van der Waals surface area contributed by atoms with Gasteiger partial charge in [0, 0.05) is 0 Å². The summed E-state index contributed by atoms with van der Waals surface area (Å²) in [5.41, 5.74) is 1.35. The van der Waals surface area contributed by atoms with Crippen molar-refractivity contribution in [3.8, 4) is 11.8 Å². The fourth-order valence-electron chi connectivity index (χ4n) is 0.848. The highest BCUT2D eigenvalue weighted by Crippen LogP contribution is 2.17. The van der Waals surface area contributed by atoms with E-state index >= 15 is 0 Å². The molecule has 0 bridgehead atoms. The first-order chi connectivity index (χ1) is 5.27. The lowest BCUT2D eigenvalue weighted by Gasteiger charge is -2.02. The molecule has 0 aliphatic carbocycles. The van der Waals surface area contributed by atoms with Crippen molar-refractivity contribution < 1.29 is 4.74 Å². The molecule has 0 saturated heterocycles. The number of nitrogens with zero attached hydrogens (tertiary/aromatic N) is 1. The molecule has 0 unspecified atom stereocenters. The van der Waals surface area contributed by atoms with E-state index in [0.29, 0.717) is 11.3 Å². The molecule has 1 radical (unpaired) electrons. The monoisotopic (exact) mass is 146 g/mol. The Morgan fingerprint density at radius 3 is 2.73 bits per heavy atom. The fourth-order valence-corrected chi connectivity index (χ4v) is 0.848. The van der Waals surface area contributed by atoms with Gasteiger partial charge in [0.2, 0.25) is 0 Å². The van der Waals surface area contributed by atoms with Crippen LogP contribution in [0.15, 0.2) is 18.2 Å². The lowest BCUT2D eigenvalue weighted by atomic mass is 10.1. The van der Waals surface area contributed by atoms with Crippen LogP contribution in [-0.2, 0) is 0 Å². The molecular weight excluding hydrogens is 138 g/mol. The Labute approximate surface area is 66.0 Å². The summed E-state index contributed by atoms with van der Waals surface area (Å²) < 4.78 is 4.97. The van der Waals surface area contributed by atoms with Crippen LogP contribution in [0.4, 0.5) is 0 Å². The van der Waals surface area contributed by atoms with Gasteiger partial charge in [-0.15, -0.1) is 0 Å². The predicted molar refractivity (Wildman–Crippen MR) is 42.2 cm³/mol. The average molecular weight is 146 g/mol. The summed E-state index contributed by atoms with van der Waals surface area (Å²) >= 11 is 0. The maximum absolute atomic E-state index is 8.51. The standard InChI is InChI=1S/C9H8NO/c1-7-5-8(6-10)3-4-9(7)11-2/h3-5H,1H2,2H3. The van der Waals surface area contributed by atoms with Gasteiger partial charge in [-0.3, -0.25) is 0 Å². The number of hydrogen-bond donors (Lipinski definition) is 0. The Morgan fingerprint density at radius 1 is 1.55 bits per heavy atom. The van der Waals surface area contributed by atoms with E-state index in [4.69, 9.17) is 10.00 Å². The summed E-state index contributed by atoms with van der Waals surface area (Å²) in [5, 5.41) is 8.51. The second kappa shape index (κ2) is 3.07. The fraction of sp³-hybridized carbons (Fsp3) is 0.111. The van der Waals surface area contributed by atoms with E-state index in [-0.39, 0.29) is 0 Å². The molecule has 0 heterocycles.